The Morgan fingerprint density at radius 1 is 1.25 bits per heavy atom. The van der Waals surface area contributed by atoms with Crippen LogP contribution in [0, 0.1) is 0 Å². The maximum atomic E-state index is 12.8. The first-order chi connectivity index (χ1) is 13.7. The van der Waals surface area contributed by atoms with Gasteiger partial charge < -0.3 is 14.8 Å². The zero-order valence-corrected chi connectivity index (χ0v) is 17.5. The molecular weight excluding hydrogens is 374 g/mol. The van der Waals surface area contributed by atoms with E-state index in [0.29, 0.717) is 31.6 Å². The average molecular weight is 406 g/mol. The molecule has 28 heavy (non-hydrogen) atoms. The van der Waals surface area contributed by atoms with E-state index in [0.717, 1.165) is 42.3 Å². The van der Waals surface area contributed by atoms with Gasteiger partial charge in [0.2, 0.25) is 0 Å². The molecule has 154 valence electrons. The van der Waals surface area contributed by atoms with E-state index < -0.39 is 6.10 Å². The van der Waals surface area contributed by atoms with Crippen molar-refractivity contribution in [1.82, 2.24) is 14.9 Å². The molecule has 2 heterocycles. The second-order valence-corrected chi connectivity index (χ2v) is 9.32. The van der Waals surface area contributed by atoms with Gasteiger partial charge in [-0.25, -0.2) is 4.98 Å². The molecule has 1 atom stereocenters. The maximum absolute atomic E-state index is 12.8. The number of hydrogen-bond acceptors (Lipinski definition) is 6. The molecule has 2 aliphatic carbocycles. The van der Waals surface area contributed by atoms with E-state index >= 15 is 0 Å². The minimum absolute atomic E-state index is 0.000402. The van der Waals surface area contributed by atoms with Crippen LogP contribution < -0.4 is 5.56 Å². The van der Waals surface area contributed by atoms with Crippen LogP contribution in [0.25, 0.3) is 10.2 Å². The maximum Gasteiger partial charge on any atom is 0.259 e. The van der Waals surface area contributed by atoms with E-state index in [1.165, 1.54) is 36.1 Å². The van der Waals surface area contributed by atoms with E-state index in [2.05, 4.69) is 9.88 Å². The van der Waals surface area contributed by atoms with Gasteiger partial charge in [0.15, 0.2) is 0 Å². The molecular formula is C21H31N3O3S. The molecule has 0 aromatic carbocycles. The normalized spacial score (nSPS) is 19.2. The molecule has 0 amide bonds. The second-order valence-electron chi connectivity index (χ2n) is 8.23. The van der Waals surface area contributed by atoms with Crippen molar-refractivity contribution in [3.8, 4) is 0 Å². The molecule has 0 aliphatic heterocycles. The van der Waals surface area contributed by atoms with Crippen LogP contribution >= 0.6 is 11.3 Å². The summed E-state index contributed by atoms with van der Waals surface area (Å²) in [5, 5.41) is 11.1. The summed E-state index contributed by atoms with van der Waals surface area (Å²) in [6.07, 6.45) is 9.91. The molecule has 1 fully saturated rings. The van der Waals surface area contributed by atoms with Crippen molar-refractivity contribution in [1.29, 1.82) is 0 Å². The Labute approximate surface area is 169 Å². The number of aromatic amines is 1. The first kappa shape index (κ1) is 20.0. The first-order valence-corrected chi connectivity index (χ1v) is 11.4. The minimum atomic E-state index is -0.531. The highest BCUT2D eigenvalue weighted by atomic mass is 32.1. The third kappa shape index (κ3) is 4.32. The number of methoxy groups -OCH3 is 1. The fraction of sp³-hybridized carbons (Fsp3) is 0.714. The molecule has 6 nitrogen and oxygen atoms in total. The van der Waals surface area contributed by atoms with Crippen LogP contribution in [0.2, 0.25) is 0 Å². The first-order valence-electron chi connectivity index (χ1n) is 10.6. The minimum Gasteiger partial charge on any atom is -0.389 e. The zero-order valence-electron chi connectivity index (χ0n) is 16.7. The molecule has 4 rings (SSSR count). The standard InChI is InChI=1S/C21H31N3O3S/c1-27-13-15(25)11-24(14-7-3-2-4-8-14)12-18-22-20(26)19-16-9-5-6-10-17(16)28-21(19)23-18/h14-15,25H,2-13H2,1H3,(H,22,23,26)/t15-/m0/s1. The summed E-state index contributed by atoms with van der Waals surface area (Å²) in [6.45, 7) is 1.43. The molecule has 0 radical (unpaired) electrons. The highest BCUT2D eigenvalue weighted by Gasteiger charge is 2.25. The van der Waals surface area contributed by atoms with Gasteiger partial charge in [-0.3, -0.25) is 9.69 Å². The van der Waals surface area contributed by atoms with Crippen LogP contribution in [-0.4, -0.2) is 52.4 Å². The largest absolute Gasteiger partial charge is 0.389 e. The summed E-state index contributed by atoms with van der Waals surface area (Å²) < 4.78 is 5.12. The lowest BCUT2D eigenvalue weighted by molar-refractivity contribution is 0.0173. The number of thiophene rings is 1. The Morgan fingerprint density at radius 3 is 2.82 bits per heavy atom. The molecule has 0 spiro atoms. The van der Waals surface area contributed by atoms with E-state index in [9.17, 15) is 9.90 Å². The number of aliphatic hydroxyl groups excluding tert-OH is 1. The van der Waals surface area contributed by atoms with Gasteiger partial charge in [0.05, 0.1) is 24.6 Å². The topological polar surface area (TPSA) is 78.5 Å². The third-order valence-corrected chi connectivity index (χ3v) is 7.31. The summed E-state index contributed by atoms with van der Waals surface area (Å²) in [7, 11) is 1.61. The van der Waals surface area contributed by atoms with Crippen LogP contribution in [-0.2, 0) is 24.1 Å². The molecule has 2 N–H and O–H groups in total. The van der Waals surface area contributed by atoms with E-state index in [1.54, 1.807) is 18.4 Å². The van der Waals surface area contributed by atoms with Crippen LogP contribution in [0.1, 0.15) is 61.2 Å². The monoisotopic (exact) mass is 405 g/mol. The number of H-pyrrole nitrogens is 1. The van der Waals surface area contributed by atoms with Gasteiger partial charge >= 0.3 is 0 Å². The number of hydrogen-bond donors (Lipinski definition) is 2. The average Bonchev–Trinajstić information content (AvgIpc) is 3.07. The van der Waals surface area contributed by atoms with Crippen LogP contribution in [0.3, 0.4) is 0 Å². The third-order valence-electron chi connectivity index (χ3n) is 6.12. The highest BCUT2D eigenvalue weighted by Crippen LogP contribution is 2.33. The summed E-state index contributed by atoms with van der Waals surface area (Å²) in [4.78, 5) is 25.2. The lowest BCUT2D eigenvalue weighted by Crippen LogP contribution is -2.42. The predicted molar refractivity (Wildman–Crippen MR) is 112 cm³/mol. The molecule has 2 aromatic rings. The number of rotatable bonds is 7. The summed E-state index contributed by atoms with van der Waals surface area (Å²) in [5.74, 6) is 0.714. The number of nitrogens with one attached hydrogen (secondary N) is 1. The molecule has 2 aromatic heterocycles. The summed E-state index contributed by atoms with van der Waals surface area (Å²) in [5.41, 5.74) is 1.23. The molecule has 0 saturated heterocycles. The van der Waals surface area contributed by atoms with E-state index in [-0.39, 0.29) is 5.56 Å². The predicted octanol–water partition coefficient (Wildman–Crippen LogP) is 3.01. The number of aryl methyl sites for hydroxylation is 2. The number of ether oxygens (including phenoxy) is 1. The Bertz CT molecular complexity index is 856. The van der Waals surface area contributed by atoms with Crippen molar-refractivity contribution in [3.63, 3.8) is 0 Å². The van der Waals surface area contributed by atoms with Gasteiger partial charge in [-0.15, -0.1) is 11.3 Å². The lowest BCUT2D eigenvalue weighted by atomic mass is 9.94. The highest BCUT2D eigenvalue weighted by molar-refractivity contribution is 7.18. The molecule has 7 heteroatoms. The van der Waals surface area contributed by atoms with Crippen LogP contribution in [0.15, 0.2) is 4.79 Å². The van der Waals surface area contributed by atoms with Gasteiger partial charge in [0.25, 0.3) is 5.56 Å². The van der Waals surface area contributed by atoms with Crippen molar-refractivity contribution in [2.75, 3.05) is 20.3 Å². The van der Waals surface area contributed by atoms with Crippen molar-refractivity contribution in [2.24, 2.45) is 0 Å². The van der Waals surface area contributed by atoms with Crippen molar-refractivity contribution < 1.29 is 9.84 Å². The smallest absolute Gasteiger partial charge is 0.259 e. The molecule has 0 bridgehead atoms. The number of aromatic nitrogens is 2. The van der Waals surface area contributed by atoms with Gasteiger partial charge in [0.1, 0.15) is 10.7 Å². The van der Waals surface area contributed by atoms with Crippen molar-refractivity contribution in [3.05, 3.63) is 26.6 Å². The number of nitrogens with zero attached hydrogens (tertiary/aromatic N) is 2. The van der Waals surface area contributed by atoms with Crippen molar-refractivity contribution in [2.45, 2.75) is 76.5 Å². The quantitative estimate of drug-likeness (QED) is 0.740. The second kappa shape index (κ2) is 9.03. The lowest BCUT2D eigenvalue weighted by Gasteiger charge is -2.35. The Balaban J connectivity index is 1.60. The number of aliphatic hydroxyl groups is 1. The van der Waals surface area contributed by atoms with E-state index in [1.807, 2.05) is 0 Å². The van der Waals surface area contributed by atoms with Crippen LogP contribution in [0.4, 0.5) is 0 Å². The zero-order chi connectivity index (χ0) is 19.5. The van der Waals surface area contributed by atoms with Gasteiger partial charge in [-0.2, -0.15) is 0 Å². The molecule has 0 unspecified atom stereocenters. The Hall–Kier alpha value is -1.28. The van der Waals surface area contributed by atoms with Crippen molar-refractivity contribution >= 4 is 21.6 Å². The fourth-order valence-corrected chi connectivity index (χ4v) is 6.06. The van der Waals surface area contributed by atoms with Crippen LogP contribution in [0.5, 0.6) is 0 Å². The summed E-state index contributed by atoms with van der Waals surface area (Å²) in [6, 6.07) is 0.429. The molecule has 1 saturated carbocycles. The van der Waals surface area contributed by atoms with Gasteiger partial charge in [0, 0.05) is 24.6 Å². The van der Waals surface area contributed by atoms with E-state index in [4.69, 9.17) is 9.72 Å². The summed E-state index contributed by atoms with van der Waals surface area (Å²) >= 11 is 1.69. The SMILES string of the molecule is COC[C@@H](O)CN(Cc1nc2sc3c(c2c(=O)[nH]1)CCCC3)C1CCCCC1. The molecule has 2 aliphatic rings. The van der Waals surface area contributed by atoms with Gasteiger partial charge in [-0.05, 0) is 44.1 Å². The Morgan fingerprint density at radius 2 is 2.04 bits per heavy atom. The fourth-order valence-electron chi connectivity index (χ4n) is 4.78. The number of fused-ring (bicyclic) bond motifs is 3. The van der Waals surface area contributed by atoms with Gasteiger partial charge in [-0.1, -0.05) is 19.3 Å². The Kier molecular flexibility index (Phi) is 6.45.